The summed E-state index contributed by atoms with van der Waals surface area (Å²) in [6.07, 6.45) is 3.54. The minimum Gasteiger partial charge on any atom is -0.481 e. The van der Waals surface area contributed by atoms with Gasteiger partial charge in [-0.15, -0.1) is 0 Å². The number of fused-ring (bicyclic) bond motifs is 1. The first-order valence-corrected chi connectivity index (χ1v) is 8.89. The molecule has 0 bridgehead atoms. The Morgan fingerprint density at radius 2 is 2.04 bits per heavy atom. The molecule has 0 saturated carbocycles. The molecule has 1 unspecified atom stereocenters. The predicted octanol–water partition coefficient (Wildman–Crippen LogP) is 2.88. The van der Waals surface area contributed by atoms with Crippen molar-refractivity contribution in [2.45, 2.75) is 19.4 Å². The molecule has 134 valence electrons. The topological polar surface area (TPSA) is 83.9 Å². The first-order chi connectivity index (χ1) is 12.6. The molecule has 2 aromatic heterocycles. The van der Waals surface area contributed by atoms with Gasteiger partial charge in [-0.2, -0.15) is 0 Å². The third-order valence-corrected chi connectivity index (χ3v) is 5.02. The number of hydrogen-bond donors (Lipinski definition) is 2. The maximum absolute atomic E-state index is 11.4. The average molecular weight is 350 g/mol. The molecule has 0 amide bonds. The van der Waals surface area contributed by atoms with E-state index >= 15 is 0 Å². The van der Waals surface area contributed by atoms with Crippen molar-refractivity contribution in [1.82, 2.24) is 14.3 Å². The molecule has 1 aliphatic heterocycles. The molecule has 6 nitrogen and oxygen atoms in total. The van der Waals surface area contributed by atoms with Crippen molar-refractivity contribution in [3.05, 3.63) is 54.4 Å². The number of likely N-dealkylation sites (tertiary alicyclic amines) is 1. The van der Waals surface area contributed by atoms with E-state index < -0.39 is 5.97 Å². The Bertz CT molecular complexity index is 936. The smallest absolute Gasteiger partial charge is 0.307 e. The van der Waals surface area contributed by atoms with Crippen molar-refractivity contribution in [3.63, 3.8) is 0 Å². The van der Waals surface area contributed by atoms with Gasteiger partial charge in [0.1, 0.15) is 5.65 Å². The molecule has 1 aliphatic rings. The van der Waals surface area contributed by atoms with Crippen LogP contribution in [0.1, 0.15) is 18.5 Å². The highest BCUT2D eigenvalue weighted by molar-refractivity contribution is 5.70. The van der Waals surface area contributed by atoms with Crippen molar-refractivity contribution < 1.29 is 9.90 Å². The zero-order valence-electron chi connectivity index (χ0n) is 14.5. The fourth-order valence-electron chi connectivity index (χ4n) is 3.70. The number of nitrogen functional groups attached to an aromatic ring is 1. The lowest BCUT2D eigenvalue weighted by atomic mass is 9.98. The van der Waals surface area contributed by atoms with Gasteiger partial charge in [-0.25, -0.2) is 4.98 Å². The maximum Gasteiger partial charge on any atom is 0.307 e. The van der Waals surface area contributed by atoms with Crippen molar-refractivity contribution >= 4 is 17.3 Å². The highest BCUT2D eigenvalue weighted by Crippen LogP contribution is 2.28. The Morgan fingerprint density at radius 1 is 1.23 bits per heavy atom. The van der Waals surface area contributed by atoms with Crippen molar-refractivity contribution in [2.24, 2.45) is 5.92 Å². The number of aromatic nitrogens is 2. The molecule has 1 fully saturated rings. The molecule has 1 aromatic carbocycles. The van der Waals surface area contributed by atoms with Gasteiger partial charge in [0.25, 0.3) is 0 Å². The number of piperidine rings is 1. The van der Waals surface area contributed by atoms with E-state index in [-0.39, 0.29) is 5.92 Å². The van der Waals surface area contributed by atoms with E-state index in [0.29, 0.717) is 18.8 Å². The second kappa shape index (κ2) is 6.80. The molecule has 3 aromatic rings. The Labute approximate surface area is 151 Å². The van der Waals surface area contributed by atoms with Crippen molar-refractivity contribution in [2.75, 3.05) is 18.8 Å². The minimum absolute atomic E-state index is 0.298. The second-order valence-electron chi connectivity index (χ2n) is 6.88. The van der Waals surface area contributed by atoms with Gasteiger partial charge in [0, 0.05) is 30.5 Å². The molecule has 3 N–H and O–H groups in total. The number of pyridine rings is 1. The van der Waals surface area contributed by atoms with E-state index in [1.807, 2.05) is 53.1 Å². The molecule has 0 aliphatic carbocycles. The SMILES string of the molecule is Nc1ccc2nc(-c3ccccc3)c(CN3CCCC(C(=O)O)C3)n2c1. The highest BCUT2D eigenvalue weighted by Gasteiger charge is 2.27. The van der Waals surface area contributed by atoms with Gasteiger partial charge in [-0.05, 0) is 31.5 Å². The average Bonchev–Trinajstić information content (AvgIpc) is 3.00. The lowest BCUT2D eigenvalue weighted by Gasteiger charge is -2.30. The van der Waals surface area contributed by atoms with Crippen LogP contribution in [0.3, 0.4) is 0 Å². The van der Waals surface area contributed by atoms with Gasteiger partial charge in [0.05, 0.1) is 17.3 Å². The van der Waals surface area contributed by atoms with Crippen molar-refractivity contribution in [1.29, 1.82) is 0 Å². The Kier molecular flexibility index (Phi) is 4.34. The molecule has 6 heteroatoms. The number of anilines is 1. The predicted molar refractivity (Wildman–Crippen MR) is 101 cm³/mol. The number of benzene rings is 1. The van der Waals surface area contributed by atoms with Gasteiger partial charge in [-0.3, -0.25) is 9.69 Å². The van der Waals surface area contributed by atoms with Crippen LogP contribution in [0.2, 0.25) is 0 Å². The summed E-state index contributed by atoms with van der Waals surface area (Å²) in [5.41, 5.74) is 10.5. The van der Waals surface area contributed by atoms with Crippen LogP contribution in [0.25, 0.3) is 16.9 Å². The lowest BCUT2D eigenvalue weighted by Crippen LogP contribution is -2.38. The standard InChI is InChI=1S/C20H22N4O2/c21-16-8-9-18-22-19(14-5-2-1-3-6-14)17(24(18)12-16)13-23-10-4-7-15(11-23)20(25)26/h1-3,5-6,8-9,12,15H,4,7,10-11,13,21H2,(H,25,26). The molecule has 26 heavy (non-hydrogen) atoms. The Hall–Kier alpha value is -2.86. The van der Waals surface area contributed by atoms with E-state index in [1.165, 1.54) is 0 Å². The van der Waals surface area contributed by atoms with Crippen LogP contribution >= 0.6 is 0 Å². The number of aliphatic carboxylic acids is 1. The summed E-state index contributed by atoms with van der Waals surface area (Å²) in [5.74, 6) is -1.01. The summed E-state index contributed by atoms with van der Waals surface area (Å²) >= 11 is 0. The summed E-state index contributed by atoms with van der Waals surface area (Å²) in [5, 5.41) is 9.36. The van der Waals surface area contributed by atoms with E-state index in [0.717, 1.165) is 42.0 Å². The fraction of sp³-hybridized carbons (Fsp3) is 0.300. The third kappa shape index (κ3) is 3.15. The number of nitrogens with two attached hydrogens (primary N) is 1. The number of rotatable bonds is 4. The molecular weight excluding hydrogens is 328 g/mol. The summed E-state index contributed by atoms with van der Waals surface area (Å²) in [6, 6.07) is 13.8. The quantitative estimate of drug-likeness (QED) is 0.756. The molecule has 0 radical (unpaired) electrons. The summed E-state index contributed by atoms with van der Waals surface area (Å²) in [6.45, 7) is 2.12. The lowest BCUT2D eigenvalue weighted by molar-refractivity contribution is -0.143. The van der Waals surface area contributed by atoms with Crippen LogP contribution in [-0.2, 0) is 11.3 Å². The molecule has 1 saturated heterocycles. The minimum atomic E-state index is -0.708. The van der Waals surface area contributed by atoms with Crippen LogP contribution in [-0.4, -0.2) is 38.4 Å². The monoisotopic (exact) mass is 350 g/mol. The zero-order chi connectivity index (χ0) is 18.1. The second-order valence-corrected chi connectivity index (χ2v) is 6.88. The number of carboxylic acids is 1. The summed E-state index contributed by atoms with van der Waals surface area (Å²) in [4.78, 5) is 18.4. The van der Waals surface area contributed by atoms with E-state index in [9.17, 15) is 9.90 Å². The van der Waals surface area contributed by atoms with Gasteiger partial charge < -0.3 is 15.2 Å². The maximum atomic E-state index is 11.4. The number of nitrogens with zero attached hydrogens (tertiary/aromatic N) is 3. The third-order valence-electron chi connectivity index (χ3n) is 5.02. The number of carbonyl (C=O) groups is 1. The molecule has 0 spiro atoms. The fourth-order valence-corrected chi connectivity index (χ4v) is 3.70. The number of hydrogen-bond acceptors (Lipinski definition) is 4. The van der Waals surface area contributed by atoms with E-state index in [4.69, 9.17) is 10.7 Å². The van der Waals surface area contributed by atoms with Crippen LogP contribution in [0.4, 0.5) is 5.69 Å². The van der Waals surface area contributed by atoms with Crippen LogP contribution in [0, 0.1) is 5.92 Å². The molecule has 4 rings (SSSR count). The van der Waals surface area contributed by atoms with E-state index in [1.54, 1.807) is 0 Å². The number of carboxylic acid groups (broad SMARTS) is 1. The van der Waals surface area contributed by atoms with Gasteiger partial charge in [0.2, 0.25) is 0 Å². The normalized spacial score (nSPS) is 18.2. The van der Waals surface area contributed by atoms with Gasteiger partial charge >= 0.3 is 5.97 Å². The molecular formula is C20H22N4O2. The first kappa shape index (κ1) is 16.6. The first-order valence-electron chi connectivity index (χ1n) is 8.89. The van der Waals surface area contributed by atoms with Crippen LogP contribution in [0.15, 0.2) is 48.7 Å². The van der Waals surface area contributed by atoms with Crippen LogP contribution < -0.4 is 5.73 Å². The zero-order valence-corrected chi connectivity index (χ0v) is 14.5. The van der Waals surface area contributed by atoms with Gasteiger partial charge in [0.15, 0.2) is 0 Å². The largest absolute Gasteiger partial charge is 0.481 e. The van der Waals surface area contributed by atoms with E-state index in [2.05, 4.69) is 4.90 Å². The van der Waals surface area contributed by atoms with Gasteiger partial charge in [-0.1, -0.05) is 30.3 Å². The number of imidazole rings is 1. The molecule has 3 heterocycles. The Morgan fingerprint density at radius 3 is 2.81 bits per heavy atom. The summed E-state index contributed by atoms with van der Waals surface area (Å²) in [7, 11) is 0. The summed E-state index contributed by atoms with van der Waals surface area (Å²) < 4.78 is 2.03. The van der Waals surface area contributed by atoms with Crippen LogP contribution in [0.5, 0.6) is 0 Å². The molecule has 1 atom stereocenters. The Balaban J connectivity index is 1.75. The highest BCUT2D eigenvalue weighted by atomic mass is 16.4. The van der Waals surface area contributed by atoms with Crippen molar-refractivity contribution in [3.8, 4) is 11.3 Å².